The Morgan fingerprint density at radius 3 is 1.41 bits per heavy atom. The van der Waals surface area contributed by atoms with Crippen molar-refractivity contribution in [3.8, 4) is 39.7 Å². The van der Waals surface area contributed by atoms with Crippen LogP contribution >= 0.6 is 0 Å². The first-order valence-corrected chi connectivity index (χ1v) is 23.6. The third-order valence-corrected chi connectivity index (χ3v) is 15.5. The molecule has 3 aliphatic rings. The Morgan fingerprint density at radius 1 is 0.456 bits per heavy atom. The Kier molecular flexibility index (Phi) is 7.61. The number of hydrogen-bond acceptors (Lipinski definition) is 3. The summed E-state index contributed by atoms with van der Waals surface area (Å²) in [6.45, 7) is 9.17. The zero-order chi connectivity index (χ0) is 44.8. The molecule has 1 fully saturated rings. The number of rotatable bonds is 4. The average molecular weight is 871 g/mol. The lowest BCUT2D eigenvalue weighted by atomic mass is 9.65. The fourth-order valence-corrected chi connectivity index (χ4v) is 12.6. The van der Waals surface area contributed by atoms with E-state index in [-0.39, 0.29) is 11.8 Å². The first kappa shape index (κ1) is 37.4. The third kappa shape index (κ3) is 4.93. The van der Waals surface area contributed by atoms with Crippen LogP contribution in [0.25, 0.3) is 126 Å². The highest BCUT2D eigenvalue weighted by atomic mass is 16.3. The van der Waals surface area contributed by atoms with Crippen molar-refractivity contribution < 1.29 is 8.83 Å². The molecule has 0 saturated heterocycles. The van der Waals surface area contributed by atoms with Crippen molar-refractivity contribution in [2.24, 2.45) is 0 Å². The highest BCUT2D eigenvalue weighted by molar-refractivity contribution is 6.26. The highest BCUT2D eigenvalue weighted by Crippen LogP contribution is 2.59. The molecule has 9 aromatic carbocycles. The van der Waals surface area contributed by atoms with Crippen LogP contribution in [0.4, 0.5) is 5.69 Å². The Hall–Kier alpha value is -8.84. The molecule has 0 unspecified atom stereocenters. The molecule has 0 spiro atoms. The van der Waals surface area contributed by atoms with Gasteiger partial charge in [-0.2, -0.15) is 5.26 Å². The van der Waals surface area contributed by atoms with Gasteiger partial charge in [-0.3, -0.25) is 0 Å². The number of aromatic nitrogens is 2. The number of fused-ring (bicyclic) bond motifs is 16. The molecule has 6 heteroatoms. The molecular weight excluding hydrogens is 833 g/mol. The topological polar surface area (TPSA) is 64.3 Å². The summed E-state index contributed by atoms with van der Waals surface area (Å²) in [5.74, 6) is 0.406. The van der Waals surface area contributed by atoms with E-state index in [4.69, 9.17) is 15.4 Å². The predicted molar refractivity (Wildman–Crippen MR) is 275 cm³/mol. The van der Waals surface area contributed by atoms with Crippen molar-refractivity contribution in [3.05, 3.63) is 198 Å². The van der Waals surface area contributed by atoms with Crippen LogP contribution in [0, 0.1) is 17.9 Å². The Balaban J connectivity index is 1.12. The maximum atomic E-state index is 12.1. The number of benzene rings is 9. The molecule has 318 valence electrons. The van der Waals surface area contributed by atoms with E-state index in [2.05, 4.69) is 160 Å². The van der Waals surface area contributed by atoms with Crippen molar-refractivity contribution in [2.75, 3.05) is 0 Å². The minimum absolute atomic E-state index is 0.198. The molecule has 6 nitrogen and oxygen atoms in total. The fraction of sp³-hybridized carbons (Fsp3) is 0.0968. The van der Waals surface area contributed by atoms with E-state index in [1.165, 1.54) is 0 Å². The van der Waals surface area contributed by atoms with Crippen molar-refractivity contribution >= 4 is 93.2 Å². The maximum absolute atomic E-state index is 12.1. The molecule has 0 radical (unpaired) electrons. The van der Waals surface area contributed by atoms with Crippen molar-refractivity contribution in [2.45, 2.75) is 37.5 Å². The van der Waals surface area contributed by atoms with E-state index in [1.54, 1.807) is 0 Å². The summed E-state index contributed by atoms with van der Waals surface area (Å²) in [6.07, 6.45) is 4.09. The smallest absolute Gasteiger partial charge is 0.215 e. The largest absolute Gasteiger partial charge is 0.455 e. The first-order chi connectivity index (χ1) is 33.7. The molecule has 13 aromatic rings. The number of para-hydroxylation sites is 2. The van der Waals surface area contributed by atoms with E-state index in [9.17, 15) is 5.26 Å². The Bertz CT molecular complexity index is 4410. The zero-order valence-electron chi connectivity index (χ0n) is 36.8. The molecule has 4 heterocycles. The first-order valence-electron chi connectivity index (χ1n) is 23.6. The van der Waals surface area contributed by atoms with Gasteiger partial charge in [0.1, 0.15) is 28.4 Å². The summed E-state index contributed by atoms with van der Waals surface area (Å²) >= 11 is 0. The van der Waals surface area contributed by atoms with Gasteiger partial charge in [0.05, 0.1) is 56.3 Å². The Morgan fingerprint density at radius 2 is 0.912 bits per heavy atom. The van der Waals surface area contributed by atoms with Crippen LogP contribution in [0.3, 0.4) is 0 Å². The zero-order valence-corrected chi connectivity index (χ0v) is 36.8. The predicted octanol–water partition coefficient (Wildman–Crippen LogP) is 17.2. The van der Waals surface area contributed by atoms with E-state index >= 15 is 0 Å². The molecule has 2 bridgehead atoms. The van der Waals surface area contributed by atoms with E-state index in [0.717, 1.165) is 152 Å². The molecule has 1 saturated carbocycles. The van der Waals surface area contributed by atoms with Crippen molar-refractivity contribution in [1.82, 2.24) is 9.13 Å². The number of furan rings is 2. The number of nitrogens with zero attached hydrogens (tertiary/aromatic N) is 4. The summed E-state index contributed by atoms with van der Waals surface area (Å²) in [4.78, 5) is 4.53. The van der Waals surface area contributed by atoms with Crippen LogP contribution in [0.1, 0.15) is 54.2 Å². The van der Waals surface area contributed by atoms with Crippen LogP contribution in [0.5, 0.6) is 0 Å². The van der Waals surface area contributed by atoms with Crippen LogP contribution in [0.15, 0.2) is 179 Å². The average Bonchev–Trinajstić information content (AvgIpc) is 4.16. The van der Waals surface area contributed by atoms with Gasteiger partial charge in [-0.25, -0.2) is 4.85 Å². The second kappa shape index (κ2) is 13.8. The summed E-state index contributed by atoms with van der Waals surface area (Å²) in [5, 5.41) is 20.3. The van der Waals surface area contributed by atoms with Gasteiger partial charge < -0.3 is 18.0 Å². The quantitative estimate of drug-likeness (QED) is 0.166. The lowest BCUT2D eigenvalue weighted by Gasteiger charge is -2.41. The summed E-state index contributed by atoms with van der Waals surface area (Å²) in [5.41, 5.74) is 16.3. The fourth-order valence-electron chi connectivity index (χ4n) is 12.6. The van der Waals surface area contributed by atoms with Crippen molar-refractivity contribution in [1.29, 1.82) is 5.26 Å². The highest BCUT2D eigenvalue weighted by Gasteiger charge is 2.41. The van der Waals surface area contributed by atoms with Gasteiger partial charge in [0.15, 0.2) is 0 Å². The molecular formula is C62H38N4O2. The minimum atomic E-state index is 0.198. The van der Waals surface area contributed by atoms with Gasteiger partial charge in [0.2, 0.25) is 5.69 Å². The van der Waals surface area contributed by atoms with E-state index in [0.29, 0.717) is 16.9 Å². The molecule has 0 atom stereocenters. The van der Waals surface area contributed by atoms with Crippen LogP contribution < -0.4 is 0 Å². The normalized spacial score (nSPS) is 15.7. The molecule has 0 N–H and O–H groups in total. The van der Waals surface area contributed by atoms with Gasteiger partial charge in [-0.15, -0.1) is 0 Å². The van der Waals surface area contributed by atoms with Gasteiger partial charge in [-0.05, 0) is 132 Å². The second-order valence-corrected chi connectivity index (χ2v) is 18.8. The summed E-state index contributed by atoms with van der Waals surface area (Å²) in [6, 6.07) is 62.4. The molecule has 4 aromatic heterocycles. The van der Waals surface area contributed by atoms with Crippen LogP contribution in [0.2, 0.25) is 0 Å². The Labute approximate surface area is 389 Å². The monoisotopic (exact) mass is 870 g/mol. The van der Waals surface area contributed by atoms with Gasteiger partial charge >= 0.3 is 0 Å². The number of hydrogen-bond donors (Lipinski definition) is 0. The molecule has 3 aliphatic carbocycles. The molecule has 0 amide bonds. The van der Waals surface area contributed by atoms with Crippen LogP contribution in [-0.2, 0) is 0 Å². The third-order valence-electron chi connectivity index (χ3n) is 15.5. The molecule has 16 rings (SSSR count). The SMILES string of the molecule is [C-]#[N+]c1c2c(c(-n3c4ccc(-c5ccccc5)cc4c4c5oc6ccccc6c5ccc43)c(C#N)c1-n1c3ccc(-c4ccccc4)cc3c3c4oc5ccccc5c4ccc31)C1CCC2CC1. The molecule has 0 aliphatic heterocycles. The maximum Gasteiger partial charge on any atom is 0.215 e. The minimum Gasteiger partial charge on any atom is -0.455 e. The van der Waals surface area contributed by atoms with Gasteiger partial charge in [-0.1, -0.05) is 109 Å². The second-order valence-electron chi connectivity index (χ2n) is 18.8. The molecule has 68 heavy (non-hydrogen) atoms. The lowest BCUT2D eigenvalue weighted by Crippen LogP contribution is -2.25. The van der Waals surface area contributed by atoms with Crippen molar-refractivity contribution in [3.63, 3.8) is 0 Å². The van der Waals surface area contributed by atoms with E-state index in [1.807, 2.05) is 30.3 Å². The number of nitriles is 1. The summed E-state index contributed by atoms with van der Waals surface area (Å²) < 4.78 is 18.3. The standard InChI is InChI=1S/C62H38N4O2/c1-64-58-54-37-20-22-38(23-21-37)55(54)59(65-48-28-24-39(35-12-4-2-5-13-35)32-45(48)56-50(65)30-26-43-41-16-8-10-18-52(41)67-61(43)56)47(34-63)60(58)66-49-29-25-40(36-14-6-3-7-15-36)33-46(49)57-51(66)31-27-44-42-17-9-11-19-53(42)68-62(44)57/h2-19,24-33,37-38H,20-23H2. The van der Waals surface area contributed by atoms with Gasteiger partial charge in [0.25, 0.3) is 0 Å². The van der Waals surface area contributed by atoms with E-state index < -0.39 is 0 Å². The van der Waals surface area contributed by atoms with Gasteiger partial charge in [0, 0.05) is 32.3 Å². The van der Waals surface area contributed by atoms with Crippen LogP contribution in [-0.4, -0.2) is 9.13 Å². The summed E-state index contributed by atoms with van der Waals surface area (Å²) in [7, 11) is 0. The lowest BCUT2D eigenvalue weighted by molar-refractivity contribution is 0.359.